The van der Waals surface area contributed by atoms with Gasteiger partial charge >= 0.3 is 0 Å². The maximum absolute atomic E-state index is 12.5. The van der Waals surface area contributed by atoms with E-state index in [1.807, 2.05) is 61.7 Å². The Bertz CT molecular complexity index is 1200. The molecule has 9 heteroatoms. The smallest absolute Gasteiger partial charge is 0.230 e. The second-order valence-electron chi connectivity index (χ2n) is 7.01. The number of aromatic nitrogens is 4. The number of amides is 1. The number of hydrogen-bond donors (Lipinski definition) is 1. The summed E-state index contributed by atoms with van der Waals surface area (Å²) in [6.45, 7) is 5.44. The van der Waals surface area contributed by atoms with Gasteiger partial charge in [0.05, 0.1) is 16.4 Å². The topological polar surface area (TPSA) is 74.8 Å². The highest BCUT2D eigenvalue weighted by Crippen LogP contribution is 2.38. The molecule has 2 aromatic carbocycles. The molecule has 0 aliphatic carbocycles. The lowest BCUT2D eigenvalue weighted by molar-refractivity contribution is -0.115. The predicted molar refractivity (Wildman–Crippen MR) is 127 cm³/mol. The van der Waals surface area contributed by atoms with E-state index in [2.05, 4.69) is 20.2 Å². The molecule has 6 nitrogen and oxygen atoms in total. The van der Waals surface area contributed by atoms with E-state index < -0.39 is 0 Å². The van der Waals surface area contributed by atoms with Gasteiger partial charge in [-0.05, 0) is 31.0 Å². The molecule has 0 spiro atoms. The number of aryl methyl sites for hydroxylation is 2. The number of anilines is 2. The molecule has 0 fully saturated rings. The molecule has 0 unspecified atom stereocenters. The lowest BCUT2D eigenvalue weighted by Gasteiger charge is -2.22. The van der Waals surface area contributed by atoms with Crippen LogP contribution in [0.4, 0.5) is 10.8 Å². The van der Waals surface area contributed by atoms with Gasteiger partial charge in [0, 0.05) is 23.6 Å². The summed E-state index contributed by atoms with van der Waals surface area (Å²) in [4.78, 5) is 23.3. The molecule has 2 aromatic heterocycles. The number of H-pyrrole nitrogens is 1. The van der Waals surface area contributed by atoms with Crippen molar-refractivity contribution >= 4 is 51.4 Å². The summed E-state index contributed by atoms with van der Waals surface area (Å²) in [5.74, 6) is 1.19. The quantitative estimate of drug-likeness (QED) is 0.341. The van der Waals surface area contributed by atoms with E-state index in [9.17, 15) is 4.79 Å². The van der Waals surface area contributed by atoms with Gasteiger partial charge in [-0.2, -0.15) is 0 Å². The number of carbonyl (C=O) groups is 1. The number of nitrogens with one attached hydrogen (secondary N) is 1. The monoisotopic (exact) mass is 469 g/mol. The molecule has 1 amide bonds. The minimum absolute atomic E-state index is 0.135. The van der Waals surface area contributed by atoms with Crippen molar-refractivity contribution in [2.75, 3.05) is 4.90 Å². The van der Waals surface area contributed by atoms with Crippen molar-refractivity contribution in [2.45, 2.75) is 31.7 Å². The van der Waals surface area contributed by atoms with Crippen LogP contribution in [0.5, 0.6) is 0 Å². The third kappa shape index (κ3) is 4.81. The number of thioether (sulfide) groups is 1. The number of carbonyl (C=O) groups excluding carboxylic acids is 1. The van der Waals surface area contributed by atoms with Crippen LogP contribution in [-0.2, 0) is 10.5 Å². The summed E-state index contributed by atoms with van der Waals surface area (Å²) < 4.78 is 0. The fourth-order valence-corrected chi connectivity index (χ4v) is 5.29. The highest BCUT2D eigenvalue weighted by molar-refractivity contribution is 7.98. The van der Waals surface area contributed by atoms with Crippen molar-refractivity contribution in [3.8, 4) is 11.4 Å². The first-order chi connectivity index (χ1) is 14.9. The van der Waals surface area contributed by atoms with Gasteiger partial charge in [0.25, 0.3) is 0 Å². The fraction of sp³-hybridized carbons (Fsp3) is 0.182. The number of rotatable bonds is 6. The van der Waals surface area contributed by atoms with Crippen LogP contribution in [0.15, 0.2) is 53.0 Å². The molecule has 0 saturated heterocycles. The summed E-state index contributed by atoms with van der Waals surface area (Å²) >= 11 is 9.38. The normalized spacial score (nSPS) is 11.0. The first-order valence-corrected chi connectivity index (χ1v) is 11.8. The Balaban J connectivity index is 1.51. The molecular formula is C22H20ClN5OS2. The number of halogens is 1. The van der Waals surface area contributed by atoms with Crippen LogP contribution in [0, 0.1) is 13.8 Å². The average molecular weight is 470 g/mol. The summed E-state index contributed by atoms with van der Waals surface area (Å²) in [6, 6.07) is 13.7. The number of benzene rings is 2. The van der Waals surface area contributed by atoms with E-state index in [1.165, 1.54) is 30.0 Å². The SMILES string of the molecule is CC(=O)N(c1nc(CSc2n[nH]c(-c3ccccc3)n2)cs1)c1c(C)cc(C)cc1Cl. The lowest BCUT2D eigenvalue weighted by atomic mass is 10.1. The van der Waals surface area contributed by atoms with Crippen LogP contribution in [0.2, 0.25) is 5.02 Å². The van der Waals surface area contributed by atoms with Gasteiger partial charge in [0.2, 0.25) is 11.1 Å². The van der Waals surface area contributed by atoms with Crippen molar-refractivity contribution < 1.29 is 4.79 Å². The van der Waals surface area contributed by atoms with Gasteiger partial charge in [0.15, 0.2) is 11.0 Å². The van der Waals surface area contributed by atoms with Gasteiger partial charge in [-0.15, -0.1) is 16.4 Å². The number of nitrogens with zero attached hydrogens (tertiary/aromatic N) is 4. The summed E-state index contributed by atoms with van der Waals surface area (Å²) in [7, 11) is 0. The molecule has 0 atom stereocenters. The Morgan fingerprint density at radius 1 is 1.19 bits per heavy atom. The van der Waals surface area contributed by atoms with E-state index >= 15 is 0 Å². The van der Waals surface area contributed by atoms with Gasteiger partial charge in [0.1, 0.15) is 0 Å². The Morgan fingerprint density at radius 3 is 2.68 bits per heavy atom. The summed E-state index contributed by atoms with van der Waals surface area (Å²) in [5.41, 5.74) is 4.49. The van der Waals surface area contributed by atoms with E-state index in [0.717, 1.165) is 28.2 Å². The highest BCUT2D eigenvalue weighted by atomic mass is 35.5. The molecule has 2 heterocycles. The second kappa shape index (κ2) is 9.21. The maximum atomic E-state index is 12.5. The van der Waals surface area contributed by atoms with Crippen LogP contribution in [0.25, 0.3) is 11.4 Å². The Hall–Kier alpha value is -2.68. The van der Waals surface area contributed by atoms with Crippen molar-refractivity contribution in [1.29, 1.82) is 0 Å². The number of thiazole rings is 1. The molecule has 158 valence electrons. The third-order valence-electron chi connectivity index (χ3n) is 4.53. The molecule has 0 bridgehead atoms. The zero-order valence-electron chi connectivity index (χ0n) is 17.2. The summed E-state index contributed by atoms with van der Waals surface area (Å²) in [5, 5.41) is 11.0. The summed E-state index contributed by atoms with van der Waals surface area (Å²) in [6.07, 6.45) is 0. The third-order valence-corrected chi connectivity index (χ3v) is 6.57. The highest BCUT2D eigenvalue weighted by Gasteiger charge is 2.22. The zero-order valence-corrected chi connectivity index (χ0v) is 19.6. The minimum Gasteiger partial charge on any atom is -0.274 e. The molecule has 0 aliphatic rings. The van der Waals surface area contributed by atoms with Gasteiger partial charge in [-0.1, -0.05) is 59.8 Å². The van der Waals surface area contributed by atoms with Crippen molar-refractivity contribution in [1.82, 2.24) is 20.2 Å². The molecular weight excluding hydrogens is 450 g/mol. The number of aromatic amines is 1. The van der Waals surface area contributed by atoms with Crippen molar-refractivity contribution in [2.24, 2.45) is 0 Å². The minimum atomic E-state index is -0.135. The molecule has 0 saturated carbocycles. The van der Waals surface area contributed by atoms with E-state index in [-0.39, 0.29) is 5.91 Å². The van der Waals surface area contributed by atoms with Gasteiger partial charge in [-0.3, -0.25) is 14.8 Å². The average Bonchev–Trinajstić information content (AvgIpc) is 3.39. The van der Waals surface area contributed by atoms with Crippen LogP contribution >= 0.6 is 34.7 Å². The number of hydrogen-bond acceptors (Lipinski definition) is 6. The molecule has 0 radical (unpaired) electrons. The standard InChI is InChI=1S/C22H20ClN5OS2/c1-13-9-14(2)19(18(23)10-13)28(15(3)29)22-24-17(12-31-22)11-30-21-25-20(26-27-21)16-7-5-4-6-8-16/h4-10,12H,11H2,1-3H3,(H,25,26,27). The van der Waals surface area contributed by atoms with Crippen LogP contribution < -0.4 is 4.90 Å². The lowest BCUT2D eigenvalue weighted by Crippen LogP contribution is -2.24. The maximum Gasteiger partial charge on any atom is 0.230 e. The largest absolute Gasteiger partial charge is 0.274 e. The Labute approximate surface area is 193 Å². The van der Waals surface area contributed by atoms with Gasteiger partial charge < -0.3 is 0 Å². The molecule has 4 aromatic rings. The zero-order chi connectivity index (χ0) is 22.0. The van der Waals surface area contributed by atoms with Gasteiger partial charge in [-0.25, -0.2) is 9.97 Å². The Morgan fingerprint density at radius 2 is 1.97 bits per heavy atom. The predicted octanol–water partition coefficient (Wildman–Crippen LogP) is 6.18. The first-order valence-electron chi connectivity index (χ1n) is 9.55. The van der Waals surface area contributed by atoms with Crippen molar-refractivity contribution in [3.63, 3.8) is 0 Å². The fourth-order valence-electron chi connectivity index (χ4n) is 3.22. The molecule has 4 rings (SSSR count). The van der Waals surface area contributed by atoms with Crippen LogP contribution in [0.3, 0.4) is 0 Å². The van der Waals surface area contributed by atoms with Crippen LogP contribution in [0.1, 0.15) is 23.7 Å². The van der Waals surface area contributed by atoms with Crippen LogP contribution in [-0.4, -0.2) is 26.1 Å². The Kier molecular flexibility index (Phi) is 6.41. The molecule has 31 heavy (non-hydrogen) atoms. The second-order valence-corrected chi connectivity index (χ2v) is 9.20. The molecule has 0 aliphatic heterocycles. The van der Waals surface area contributed by atoms with Crippen molar-refractivity contribution in [3.05, 3.63) is 69.7 Å². The first kappa shape index (κ1) is 21.5. The molecule has 1 N–H and O–H groups in total. The van der Waals surface area contributed by atoms with E-state index in [0.29, 0.717) is 26.8 Å². The van der Waals surface area contributed by atoms with E-state index in [1.54, 1.807) is 4.90 Å². The van der Waals surface area contributed by atoms with E-state index in [4.69, 9.17) is 11.6 Å².